The number of hydrogen-bond donors (Lipinski definition) is 1. The highest BCUT2D eigenvalue weighted by Crippen LogP contribution is 2.52. The van der Waals surface area contributed by atoms with Gasteiger partial charge in [0.1, 0.15) is 5.75 Å². The van der Waals surface area contributed by atoms with E-state index in [-0.39, 0.29) is 0 Å². The van der Waals surface area contributed by atoms with Crippen molar-refractivity contribution in [2.24, 2.45) is 17.8 Å². The number of nitrogens with zero attached hydrogens (tertiary/aromatic N) is 2. The average Bonchev–Trinajstić information content (AvgIpc) is 3.29. The monoisotopic (exact) mass is 329 g/mol. The zero-order valence-electron chi connectivity index (χ0n) is 13.7. The first-order valence-electron chi connectivity index (χ1n) is 8.48. The van der Waals surface area contributed by atoms with E-state index in [0.717, 1.165) is 39.7 Å². The van der Waals surface area contributed by atoms with Gasteiger partial charge in [-0.15, -0.1) is 0 Å². The van der Waals surface area contributed by atoms with E-state index in [0.29, 0.717) is 6.04 Å². The molecule has 0 amide bonds. The maximum Gasteiger partial charge on any atom is 0.195 e. The van der Waals surface area contributed by atoms with E-state index >= 15 is 0 Å². The van der Waals surface area contributed by atoms with Gasteiger partial charge in [0.05, 0.1) is 7.11 Å². The second kappa shape index (κ2) is 5.78. The van der Waals surface area contributed by atoms with Crippen LogP contribution in [0.25, 0.3) is 11.4 Å². The Balaban J connectivity index is 1.71. The summed E-state index contributed by atoms with van der Waals surface area (Å²) in [5, 5.41) is 7.50. The van der Waals surface area contributed by atoms with Crippen molar-refractivity contribution in [3.8, 4) is 17.1 Å². The third-order valence-corrected chi connectivity index (χ3v) is 6.14. The highest BCUT2D eigenvalue weighted by molar-refractivity contribution is 7.71. The van der Waals surface area contributed by atoms with E-state index in [1.54, 1.807) is 7.11 Å². The first-order chi connectivity index (χ1) is 11.2. The molecule has 2 saturated carbocycles. The van der Waals surface area contributed by atoms with E-state index in [4.69, 9.17) is 17.0 Å². The lowest BCUT2D eigenvalue weighted by molar-refractivity contribution is 0.242. The Morgan fingerprint density at radius 2 is 2.22 bits per heavy atom. The van der Waals surface area contributed by atoms with Gasteiger partial charge in [0.25, 0.3) is 0 Å². The maximum atomic E-state index is 5.55. The molecular weight excluding hydrogens is 306 g/mol. The lowest BCUT2D eigenvalue weighted by Crippen LogP contribution is -2.22. The smallest absolute Gasteiger partial charge is 0.195 e. The number of aromatic nitrogens is 3. The van der Waals surface area contributed by atoms with Gasteiger partial charge in [-0.2, -0.15) is 5.10 Å². The van der Waals surface area contributed by atoms with E-state index in [1.807, 2.05) is 18.2 Å². The standard InChI is InChI=1S/C18H23N3OS/c1-11(16-9-12-6-7-13(16)8-12)21-17(19-20-18(21)23)14-4-3-5-15(10-14)22-2/h3-5,10-13,16H,6-9H2,1-2H3,(H,20,23)/t11-,12?,13+,16+/m1/s1. The van der Waals surface area contributed by atoms with Crippen molar-refractivity contribution in [1.82, 2.24) is 14.8 Å². The minimum absolute atomic E-state index is 0.387. The van der Waals surface area contributed by atoms with Crippen molar-refractivity contribution in [2.75, 3.05) is 7.11 Å². The summed E-state index contributed by atoms with van der Waals surface area (Å²) in [6.45, 7) is 2.31. The van der Waals surface area contributed by atoms with Crippen LogP contribution in [0, 0.1) is 22.5 Å². The van der Waals surface area contributed by atoms with Crippen molar-refractivity contribution >= 4 is 12.2 Å². The average molecular weight is 329 g/mol. The number of methoxy groups -OCH3 is 1. The van der Waals surface area contributed by atoms with Gasteiger partial charge in [0.2, 0.25) is 0 Å². The minimum Gasteiger partial charge on any atom is -0.497 e. The second-order valence-electron chi connectivity index (χ2n) is 7.03. The molecule has 1 aromatic heterocycles. The zero-order valence-corrected chi connectivity index (χ0v) is 14.5. The predicted molar refractivity (Wildman–Crippen MR) is 93.0 cm³/mol. The summed E-state index contributed by atoms with van der Waals surface area (Å²) in [6, 6.07) is 8.43. The van der Waals surface area contributed by atoms with Crippen molar-refractivity contribution in [2.45, 2.75) is 38.6 Å². The number of fused-ring (bicyclic) bond motifs is 2. The molecule has 4 rings (SSSR count). The summed E-state index contributed by atoms with van der Waals surface area (Å²) >= 11 is 5.55. The van der Waals surface area contributed by atoms with Crippen molar-refractivity contribution in [3.05, 3.63) is 29.0 Å². The number of benzene rings is 1. The van der Waals surface area contributed by atoms with Gasteiger partial charge in [-0.1, -0.05) is 18.6 Å². The number of ether oxygens (including phenoxy) is 1. The summed E-state index contributed by atoms with van der Waals surface area (Å²) in [5.41, 5.74) is 1.05. The first kappa shape index (κ1) is 14.9. The Hall–Kier alpha value is -1.62. The van der Waals surface area contributed by atoms with Gasteiger partial charge in [0.15, 0.2) is 10.6 Å². The molecule has 122 valence electrons. The first-order valence-corrected chi connectivity index (χ1v) is 8.89. The molecule has 5 heteroatoms. The van der Waals surface area contributed by atoms with Gasteiger partial charge in [-0.3, -0.25) is 9.67 Å². The fraction of sp³-hybridized carbons (Fsp3) is 0.556. The fourth-order valence-corrected chi connectivity index (χ4v) is 5.02. The molecule has 1 N–H and O–H groups in total. The van der Waals surface area contributed by atoms with Crippen LogP contribution in [-0.2, 0) is 0 Å². The van der Waals surface area contributed by atoms with Crippen LogP contribution in [0.15, 0.2) is 24.3 Å². The molecule has 2 aliphatic rings. The van der Waals surface area contributed by atoms with Gasteiger partial charge >= 0.3 is 0 Å². The van der Waals surface area contributed by atoms with Crippen LogP contribution >= 0.6 is 12.2 Å². The van der Waals surface area contributed by atoms with Crippen molar-refractivity contribution in [1.29, 1.82) is 0 Å². The van der Waals surface area contributed by atoms with Crippen LogP contribution in [0.5, 0.6) is 5.75 Å². The molecule has 1 heterocycles. The number of nitrogens with one attached hydrogen (secondary N) is 1. The van der Waals surface area contributed by atoms with Crippen molar-refractivity contribution < 1.29 is 4.74 Å². The number of aromatic amines is 1. The summed E-state index contributed by atoms with van der Waals surface area (Å²) in [5.74, 6) is 4.29. The number of H-pyrrole nitrogens is 1. The molecule has 23 heavy (non-hydrogen) atoms. The molecule has 0 aliphatic heterocycles. The molecule has 0 radical (unpaired) electrons. The predicted octanol–water partition coefficient (Wildman–Crippen LogP) is 4.61. The highest BCUT2D eigenvalue weighted by Gasteiger charge is 2.42. The van der Waals surface area contributed by atoms with Crippen LogP contribution in [-0.4, -0.2) is 21.9 Å². The fourth-order valence-electron chi connectivity index (χ4n) is 4.72. The second-order valence-corrected chi connectivity index (χ2v) is 7.42. The molecule has 2 aromatic rings. The normalized spacial score (nSPS) is 27.3. The summed E-state index contributed by atoms with van der Waals surface area (Å²) in [4.78, 5) is 0. The van der Waals surface area contributed by atoms with E-state index in [9.17, 15) is 0 Å². The molecule has 4 atom stereocenters. The Labute approximate surface area is 141 Å². The molecule has 4 nitrogen and oxygen atoms in total. The number of hydrogen-bond acceptors (Lipinski definition) is 3. The minimum atomic E-state index is 0.387. The molecule has 1 aromatic carbocycles. The molecule has 2 bridgehead atoms. The van der Waals surface area contributed by atoms with Gasteiger partial charge < -0.3 is 4.74 Å². The third-order valence-electron chi connectivity index (χ3n) is 5.85. The summed E-state index contributed by atoms with van der Waals surface area (Å²) < 4.78 is 8.29. The SMILES string of the molecule is COc1cccc(-c2n[nH]c(=S)n2[C@H](C)[C@@H]2CC3CC[C@H]2C3)c1. The lowest BCUT2D eigenvalue weighted by atomic mass is 9.84. The molecule has 2 aliphatic carbocycles. The molecule has 0 spiro atoms. The largest absolute Gasteiger partial charge is 0.497 e. The van der Waals surface area contributed by atoms with E-state index in [2.05, 4.69) is 27.8 Å². The Bertz CT molecular complexity index is 766. The summed E-state index contributed by atoms with van der Waals surface area (Å²) in [7, 11) is 1.69. The van der Waals surface area contributed by atoms with Gasteiger partial charge in [0, 0.05) is 11.6 Å². The zero-order chi connectivity index (χ0) is 16.0. The molecular formula is C18H23N3OS. The van der Waals surface area contributed by atoms with Crippen molar-refractivity contribution in [3.63, 3.8) is 0 Å². The summed E-state index contributed by atoms with van der Waals surface area (Å²) in [6.07, 6.45) is 5.57. The van der Waals surface area contributed by atoms with E-state index in [1.165, 1.54) is 25.7 Å². The highest BCUT2D eigenvalue weighted by atomic mass is 32.1. The molecule has 2 fully saturated rings. The van der Waals surface area contributed by atoms with E-state index < -0.39 is 0 Å². The van der Waals surface area contributed by atoms with Crippen LogP contribution in [0.2, 0.25) is 0 Å². The van der Waals surface area contributed by atoms with Crippen LogP contribution in [0.3, 0.4) is 0 Å². The van der Waals surface area contributed by atoms with Gasteiger partial charge in [-0.25, -0.2) is 0 Å². The quantitative estimate of drug-likeness (QED) is 0.833. The Kier molecular flexibility index (Phi) is 3.76. The third kappa shape index (κ3) is 2.51. The Morgan fingerprint density at radius 1 is 1.35 bits per heavy atom. The number of rotatable bonds is 4. The molecule has 1 unspecified atom stereocenters. The Morgan fingerprint density at radius 3 is 2.91 bits per heavy atom. The van der Waals surface area contributed by atoms with Crippen LogP contribution in [0.1, 0.15) is 38.6 Å². The van der Waals surface area contributed by atoms with Crippen LogP contribution in [0.4, 0.5) is 0 Å². The van der Waals surface area contributed by atoms with Crippen LogP contribution < -0.4 is 4.74 Å². The maximum absolute atomic E-state index is 5.55. The topological polar surface area (TPSA) is 42.8 Å². The lowest BCUT2D eigenvalue weighted by Gasteiger charge is -2.29. The molecule has 0 saturated heterocycles. The van der Waals surface area contributed by atoms with Gasteiger partial charge in [-0.05, 0) is 68.3 Å².